The van der Waals surface area contributed by atoms with Gasteiger partial charge in [-0.05, 0) is 31.0 Å². The lowest BCUT2D eigenvalue weighted by Crippen LogP contribution is -2.53. The molecule has 1 aliphatic heterocycles. The van der Waals surface area contributed by atoms with Crippen molar-refractivity contribution in [3.05, 3.63) is 29.3 Å². The lowest BCUT2D eigenvalue weighted by atomic mass is 10.1. The molecule has 1 fully saturated rings. The fourth-order valence-corrected chi connectivity index (χ4v) is 5.01. The van der Waals surface area contributed by atoms with Crippen LogP contribution in [0.25, 0.3) is 0 Å². The smallest absolute Gasteiger partial charge is 0.215 e. The fourth-order valence-electron chi connectivity index (χ4n) is 3.61. The van der Waals surface area contributed by atoms with E-state index >= 15 is 0 Å². The number of nitrogens with zero attached hydrogens (tertiary/aromatic N) is 4. The molecule has 0 bridgehead atoms. The summed E-state index contributed by atoms with van der Waals surface area (Å²) in [6.45, 7) is 13.0. The Morgan fingerprint density at radius 3 is 2.31 bits per heavy atom. The molecule has 0 aromatic heterocycles. The summed E-state index contributed by atoms with van der Waals surface area (Å²) in [4.78, 5) is 8.96. The minimum absolute atomic E-state index is 0. The van der Waals surface area contributed by atoms with Crippen LogP contribution in [0.15, 0.2) is 23.2 Å². The minimum Gasteiger partial charge on any atom is -0.368 e. The number of piperazine rings is 1. The Morgan fingerprint density at radius 1 is 1.14 bits per heavy atom. The van der Waals surface area contributed by atoms with E-state index in [-0.39, 0.29) is 29.7 Å². The second-order valence-electron chi connectivity index (χ2n) is 7.07. The van der Waals surface area contributed by atoms with Crippen molar-refractivity contribution >= 4 is 45.6 Å². The van der Waals surface area contributed by atoms with Crippen LogP contribution >= 0.6 is 24.0 Å². The zero-order valence-electron chi connectivity index (χ0n) is 18.3. The molecule has 0 saturated carbocycles. The van der Waals surface area contributed by atoms with Crippen LogP contribution in [0.3, 0.4) is 0 Å². The largest absolute Gasteiger partial charge is 0.368 e. The first-order valence-corrected chi connectivity index (χ1v) is 11.7. The predicted octanol–water partition coefficient (Wildman–Crippen LogP) is 2.29. The molecule has 1 heterocycles. The van der Waals surface area contributed by atoms with E-state index in [9.17, 15) is 8.42 Å². The maximum absolute atomic E-state index is 12.3. The van der Waals surface area contributed by atoms with E-state index in [0.717, 1.165) is 32.1 Å². The van der Waals surface area contributed by atoms with E-state index in [2.05, 4.69) is 52.2 Å². The lowest BCUT2D eigenvalue weighted by Gasteiger charge is -2.38. The van der Waals surface area contributed by atoms with Gasteiger partial charge < -0.3 is 15.1 Å². The summed E-state index contributed by atoms with van der Waals surface area (Å²) in [7, 11) is -1.47. The monoisotopic (exact) mass is 537 g/mol. The quantitative estimate of drug-likeness (QED) is 0.329. The normalized spacial score (nSPS) is 15.4. The van der Waals surface area contributed by atoms with Gasteiger partial charge in [0.1, 0.15) is 0 Å². The number of guanidine groups is 1. The molecule has 1 aromatic rings. The summed E-state index contributed by atoms with van der Waals surface area (Å²) in [5.74, 6) is 0.853. The first-order chi connectivity index (χ1) is 13.3. The van der Waals surface area contributed by atoms with Gasteiger partial charge in [0, 0.05) is 58.5 Å². The maximum atomic E-state index is 12.3. The molecule has 0 aliphatic carbocycles. The highest BCUT2D eigenvalue weighted by Gasteiger charge is 2.22. The molecule has 1 aliphatic rings. The fraction of sp³-hybridized carbons (Fsp3) is 0.650. The van der Waals surface area contributed by atoms with Crippen LogP contribution in [-0.2, 0) is 10.0 Å². The Bertz CT molecular complexity index is 773. The molecule has 1 N–H and O–H groups in total. The average molecular weight is 538 g/mol. The van der Waals surface area contributed by atoms with E-state index in [4.69, 9.17) is 0 Å². The van der Waals surface area contributed by atoms with E-state index in [1.807, 2.05) is 13.8 Å². The van der Waals surface area contributed by atoms with Crippen molar-refractivity contribution in [2.45, 2.75) is 27.7 Å². The zero-order valence-corrected chi connectivity index (χ0v) is 21.5. The van der Waals surface area contributed by atoms with Crippen LogP contribution in [0, 0.1) is 13.8 Å². The van der Waals surface area contributed by atoms with Crippen molar-refractivity contribution in [3.8, 4) is 0 Å². The molecule has 29 heavy (non-hydrogen) atoms. The van der Waals surface area contributed by atoms with Crippen LogP contribution < -0.4 is 10.2 Å². The molecule has 166 valence electrons. The summed E-state index contributed by atoms with van der Waals surface area (Å²) >= 11 is 0. The SMILES string of the molecule is CCN(CC)S(=O)(=O)CCNC(=NC)N1CCN(c2cccc(C)c2C)CC1.I. The summed E-state index contributed by atoms with van der Waals surface area (Å²) in [5, 5.41) is 3.22. The van der Waals surface area contributed by atoms with Crippen LogP contribution in [-0.4, -0.2) is 82.2 Å². The van der Waals surface area contributed by atoms with Crippen molar-refractivity contribution < 1.29 is 8.42 Å². The first kappa shape index (κ1) is 26.0. The van der Waals surface area contributed by atoms with Gasteiger partial charge in [-0.25, -0.2) is 12.7 Å². The molecule has 0 unspecified atom stereocenters. The number of benzene rings is 1. The summed E-state index contributed by atoms with van der Waals surface area (Å²) in [6, 6.07) is 6.44. The molecule has 0 atom stereocenters. The van der Waals surface area contributed by atoms with Gasteiger partial charge in [-0.2, -0.15) is 0 Å². The van der Waals surface area contributed by atoms with Crippen molar-refractivity contribution in [2.24, 2.45) is 4.99 Å². The van der Waals surface area contributed by atoms with Gasteiger partial charge in [0.25, 0.3) is 0 Å². The van der Waals surface area contributed by atoms with Gasteiger partial charge >= 0.3 is 0 Å². The Kier molecular flexibility index (Phi) is 10.7. The van der Waals surface area contributed by atoms with Crippen LogP contribution in [0.4, 0.5) is 5.69 Å². The number of rotatable bonds is 7. The number of hydrogen-bond acceptors (Lipinski definition) is 4. The van der Waals surface area contributed by atoms with E-state index in [1.165, 1.54) is 21.1 Å². The number of aryl methyl sites for hydroxylation is 1. The Hall–Kier alpha value is -1.07. The van der Waals surface area contributed by atoms with E-state index in [1.54, 1.807) is 7.05 Å². The third-order valence-corrected chi connectivity index (χ3v) is 7.47. The van der Waals surface area contributed by atoms with Gasteiger partial charge in [-0.1, -0.05) is 26.0 Å². The number of nitrogens with one attached hydrogen (secondary N) is 1. The van der Waals surface area contributed by atoms with E-state index in [0.29, 0.717) is 19.6 Å². The van der Waals surface area contributed by atoms with Gasteiger partial charge in [-0.3, -0.25) is 4.99 Å². The van der Waals surface area contributed by atoms with Crippen LogP contribution in [0.1, 0.15) is 25.0 Å². The molecular weight excluding hydrogens is 501 g/mol. The average Bonchev–Trinajstić information content (AvgIpc) is 2.68. The highest BCUT2D eigenvalue weighted by molar-refractivity contribution is 14.0. The molecule has 0 radical (unpaired) electrons. The van der Waals surface area contributed by atoms with Crippen molar-refractivity contribution in [2.75, 3.05) is 63.5 Å². The molecule has 1 aromatic carbocycles. The number of anilines is 1. The topological polar surface area (TPSA) is 68.2 Å². The van der Waals surface area contributed by atoms with Crippen LogP contribution in [0.2, 0.25) is 0 Å². The Morgan fingerprint density at radius 2 is 1.76 bits per heavy atom. The summed E-state index contributed by atoms with van der Waals surface area (Å²) < 4.78 is 26.1. The van der Waals surface area contributed by atoms with Gasteiger partial charge in [0.2, 0.25) is 10.0 Å². The second kappa shape index (κ2) is 11.9. The van der Waals surface area contributed by atoms with Gasteiger partial charge in [-0.15, -0.1) is 24.0 Å². The second-order valence-corrected chi connectivity index (χ2v) is 9.16. The van der Waals surface area contributed by atoms with Crippen LogP contribution in [0.5, 0.6) is 0 Å². The molecule has 0 amide bonds. The third-order valence-electron chi connectivity index (χ3n) is 5.45. The van der Waals surface area contributed by atoms with Gasteiger partial charge in [0.05, 0.1) is 5.75 Å². The number of aliphatic imine (C=N–C) groups is 1. The molecule has 9 heteroatoms. The number of hydrogen-bond donors (Lipinski definition) is 1. The zero-order chi connectivity index (χ0) is 20.7. The number of sulfonamides is 1. The standard InChI is InChI=1S/C20H35N5O2S.HI/c1-6-25(7-2)28(26,27)16-11-22-20(21-5)24-14-12-23(13-15-24)19-10-8-9-17(3)18(19)4;/h8-10H,6-7,11-16H2,1-5H3,(H,21,22);1H. The third kappa shape index (κ3) is 6.71. The maximum Gasteiger partial charge on any atom is 0.215 e. The molecular formula is C20H36IN5O2S. The highest BCUT2D eigenvalue weighted by Crippen LogP contribution is 2.23. The number of halogens is 1. The summed E-state index contributed by atoms with van der Waals surface area (Å²) in [5.41, 5.74) is 3.94. The Labute approximate surface area is 193 Å². The van der Waals surface area contributed by atoms with E-state index < -0.39 is 10.0 Å². The van der Waals surface area contributed by atoms with Gasteiger partial charge in [0.15, 0.2) is 5.96 Å². The minimum atomic E-state index is -3.22. The Balaban J connectivity index is 0.00000420. The van der Waals surface area contributed by atoms with Crippen molar-refractivity contribution in [3.63, 3.8) is 0 Å². The highest BCUT2D eigenvalue weighted by atomic mass is 127. The summed E-state index contributed by atoms with van der Waals surface area (Å²) in [6.07, 6.45) is 0. The lowest BCUT2D eigenvalue weighted by molar-refractivity contribution is 0.373. The predicted molar refractivity (Wildman–Crippen MR) is 133 cm³/mol. The molecule has 2 rings (SSSR count). The van der Waals surface area contributed by atoms with Crippen molar-refractivity contribution in [1.82, 2.24) is 14.5 Å². The molecule has 1 saturated heterocycles. The molecule has 0 spiro atoms. The molecule has 7 nitrogen and oxygen atoms in total. The van der Waals surface area contributed by atoms with Crippen molar-refractivity contribution in [1.29, 1.82) is 0 Å². The first-order valence-electron chi connectivity index (χ1n) is 10.1.